The molecule has 94 valence electrons. The van der Waals surface area contributed by atoms with Crippen LogP contribution in [-0.4, -0.2) is 18.2 Å². The Labute approximate surface area is 110 Å². The number of fused-ring (bicyclic) bond motifs is 3. The van der Waals surface area contributed by atoms with Crippen molar-refractivity contribution in [3.05, 3.63) is 42.0 Å². The molecule has 1 aliphatic rings. The first-order valence-corrected chi connectivity index (χ1v) is 6.41. The van der Waals surface area contributed by atoms with Crippen LogP contribution in [0.3, 0.4) is 0 Å². The average Bonchev–Trinajstić information content (AvgIpc) is 2.46. The third kappa shape index (κ3) is 1.55. The summed E-state index contributed by atoms with van der Waals surface area (Å²) in [7, 11) is 0. The van der Waals surface area contributed by atoms with Crippen molar-refractivity contribution in [2.75, 3.05) is 13.2 Å². The van der Waals surface area contributed by atoms with Crippen LogP contribution in [0.4, 0.5) is 0 Å². The van der Waals surface area contributed by atoms with Gasteiger partial charge in [0.1, 0.15) is 13.2 Å². The Morgan fingerprint density at radius 1 is 0.895 bits per heavy atom. The molecule has 0 saturated heterocycles. The van der Waals surface area contributed by atoms with Crippen LogP contribution < -0.4 is 9.47 Å². The molecule has 1 aliphatic heterocycles. The standard InChI is InChI=1S/C16H13NO2/c1-10-11-4-2-3-5-13(11)17-14-9-16-15(8-12(10)14)18-6-7-19-16/h2-5,8-9H,6-7H2,1H3. The Morgan fingerprint density at radius 2 is 1.63 bits per heavy atom. The van der Waals surface area contributed by atoms with E-state index in [2.05, 4.69) is 13.0 Å². The molecule has 0 bridgehead atoms. The van der Waals surface area contributed by atoms with Crippen molar-refractivity contribution >= 4 is 21.8 Å². The first-order valence-electron chi connectivity index (χ1n) is 6.41. The van der Waals surface area contributed by atoms with Crippen molar-refractivity contribution in [3.63, 3.8) is 0 Å². The van der Waals surface area contributed by atoms with Crippen LogP contribution in [-0.2, 0) is 0 Å². The zero-order valence-corrected chi connectivity index (χ0v) is 10.6. The van der Waals surface area contributed by atoms with Crippen LogP contribution >= 0.6 is 0 Å². The summed E-state index contributed by atoms with van der Waals surface area (Å²) in [6, 6.07) is 12.2. The van der Waals surface area contributed by atoms with Gasteiger partial charge < -0.3 is 9.47 Å². The molecule has 0 atom stereocenters. The third-order valence-electron chi connectivity index (χ3n) is 3.61. The quantitative estimate of drug-likeness (QED) is 0.573. The first-order chi connectivity index (χ1) is 9.33. The van der Waals surface area contributed by atoms with E-state index >= 15 is 0 Å². The molecule has 0 N–H and O–H groups in total. The Balaban J connectivity index is 2.12. The fourth-order valence-electron chi connectivity index (χ4n) is 2.63. The number of hydrogen-bond acceptors (Lipinski definition) is 3. The fraction of sp³-hybridized carbons (Fsp3) is 0.188. The number of rotatable bonds is 0. The molecule has 3 aromatic rings. The summed E-state index contributed by atoms with van der Waals surface area (Å²) in [5.74, 6) is 1.61. The van der Waals surface area contributed by atoms with E-state index in [1.807, 2.05) is 30.3 Å². The van der Waals surface area contributed by atoms with Crippen molar-refractivity contribution in [1.29, 1.82) is 0 Å². The van der Waals surface area contributed by atoms with Crippen LogP contribution in [0.1, 0.15) is 5.56 Å². The second-order valence-corrected chi connectivity index (χ2v) is 4.77. The minimum atomic E-state index is 0.602. The minimum Gasteiger partial charge on any atom is -0.486 e. The maximum atomic E-state index is 5.65. The molecule has 0 radical (unpaired) electrons. The van der Waals surface area contributed by atoms with Gasteiger partial charge in [-0.1, -0.05) is 18.2 Å². The van der Waals surface area contributed by atoms with E-state index < -0.39 is 0 Å². The lowest BCUT2D eigenvalue weighted by molar-refractivity contribution is 0.172. The Hall–Kier alpha value is -2.29. The number of hydrogen-bond donors (Lipinski definition) is 0. The summed E-state index contributed by atoms with van der Waals surface area (Å²) in [5, 5.41) is 2.31. The third-order valence-corrected chi connectivity index (χ3v) is 3.61. The van der Waals surface area contributed by atoms with Gasteiger partial charge >= 0.3 is 0 Å². The molecule has 3 nitrogen and oxygen atoms in total. The molecule has 0 amide bonds. The monoisotopic (exact) mass is 251 g/mol. The summed E-state index contributed by atoms with van der Waals surface area (Å²) in [6.07, 6.45) is 0. The number of aryl methyl sites for hydroxylation is 1. The summed E-state index contributed by atoms with van der Waals surface area (Å²) in [4.78, 5) is 4.71. The lowest BCUT2D eigenvalue weighted by Crippen LogP contribution is -2.15. The topological polar surface area (TPSA) is 31.4 Å². The molecule has 0 spiro atoms. The van der Waals surface area contributed by atoms with E-state index in [1.165, 1.54) is 10.9 Å². The van der Waals surface area contributed by atoms with E-state index in [9.17, 15) is 0 Å². The molecule has 4 rings (SSSR count). The highest BCUT2D eigenvalue weighted by molar-refractivity contribution is 5.98. The molecular weight excluding hydrogens is 238 g/mol. The van der Waals surface area contributed by atoms with E-state index in [-0.39, 0.29) is 0 Å². The predicted octanol–water partition coefficient (Wildman–Crippen LogP) is 3.47. The minimum absolute atomic E-state index is 0.602. The first kappa shape index (κ1) is 10.6. The number of pyridine rings is 1. The molecular formula is C16H13NO2. The molecule has 0 unspecified atom stereocenters. The molecule has 2 heterocycles. The fourth-order valence-corrected chi connectivity index (χ4v) is 2.63. The van der Waals surface area contributed by atoms with Crippen molar-refractivity contribution in [3.8, 4) is 11.5 Å². The molecule has 0 fully saturated rings. The normalized spacial score (nSPS) is 13.9. The Morgan fingerprint density at radius 3 is 2.47 bits per heavy atom. The van der Waals surface area contributed by atoms with Gasteiger partial charge in [-0.05, 0) is 24.6 Å². The maximum Gasteiger partial charge on any atom is 0.163 e. The second kappa shape index (κ2) is 3.85. The van der Waals surface area contributed by atoms with Gasteiger partial charge in [0.15, 0.2) is 11.5 Å². The Bertz CT molecular complexity index is 795. The number of nitrogens with zero attached hydrogens (tertiary/aromatic N) is 1. The van der Waals surface area contributed by atoms with E-state index in [4.69, 9.17) is 14.5 Å². The van der Waals surface area contributed by atoms with E-state index in [1.54, 1.807) is 0 Å². The van der Waals surface area contributed by atoms with Crippen molar-refractivity contribution < 1.29 is 9.47 Å². The highest BCUT2D eigenvalue weighted by Gasteiger charge is 2.15. The molecule has 0 saturated carbocycles. The highest BCUT2D eigenvalue weighted by Crippen LogP contribution is 2.36. The number of aromatic nitrogens is 1. The van der Waals surface area contributed by atoms with Crippen molar-refractivity contribution in [2.45, 2.75) is 6.92 Å². The summed E-state index contributed by atoms with van der Waals surface area (Å²) >= 11 is 0. The van der Waals surface area contributed by atoms with E-state index in [0.717, 1.165) is 27.9 Å². The Kier molecular flexibility index (Phi) is 2.15. The van der Waals surface area contributed by atoms with Gasteiger partial charge in [-0.3, -0.25) is 0 Å². The van der Waals surface area contributed by atoms with Gasteiger partial charge in [0.05, 0.1) is 11.0 Å². The zero-order chi connectivity index (χ0) is 12.8. The molecule has 3 heteroatoms. The van der Waals surface area contributed by atoms with Crippen LogP contribution in [0.5, 0.6) is 11.5 Å². The van der Waals surface area contributed by atoms with Crippen LogP contribution in [0.15, 0.2) is 36.4 Å². The summed E-state index contributed by atoms with van der Waals surface area (Å²) < 4.78 is 11.3. The van der Waals surface area contributed by atoms with Crippen LogP contribution in [0, 0.1) is 6.92 Å². The maximum absolute atomic E-state index is 5.65. The number of benzene rings is 2. The largest absolute Gasteiger partial charge is 0.486 e. The number of para-hydroxylation sites is 1. The molecule has 2 aromatic carbocycles. The van der Waals surface area contributed by atoms with Gasteiger partial charge in [-0.2, -0.15) is 0 Å². The lowest BCUT2D eigenvalue weighted by atomic mass is 10.0. The smallest absolute Gasteiger partial charge is 0.163 e. The van der Waals surface area contributed by atoms with Crippen LogP contribution in [0.25, 0.3) is 21.8 Å². The average molecular weight is 251 g/mol. The molecule has 0 aliphatic carbocycles. The van der Waals surface area contributed by atoms with Gasteiger partial charge in [-0.25, -0.2) is 4.98 Å². The van der Waals surface area contributed by atoms with Gasteiger partial charge in [-0.15, -0.1) is 0 Å². The number of ether oxygens (including phenoxy) is 2. The molecule has 1 aromatic heterocycles. The van der Waals surface area contributed by atoms with E-state index in [0.29, 0.717) is 13.2 Å². The van der Waals surface area contributed by atoms with Gasteiger partial charge in [0.2, 0.25) is 0 Å². The lowest BCUT2D eigenvalue weighted by Gasteiger charge is -2.19. The second-order valence-electron chi connectivity index (χ2n) is 4.77. The van der Waals surface area contributed by atoms with Crippen molar-refractivity contribution in [1.82, 2.24) is 4.98 Å². The summed E-state index contributed by atoms with van der Waals surface area (Å²) in [5.41, 5.74) is 3.21. The summed E-state index contributed by atoms with van der Waals surface area (Å²) in [6.45, 7) is 3.34. The van der Waals surface area contributed by atoms with Crippen molar-refractivity contribution in [2.24, 2.45) is 0 Å². The van der Waals surface area contributed by atoms with Crippen LogP contribution in [0.2, 0.25) is 0 Å². The van der Waals surface area contributed by atoms with Gasteiger partial charge in [0.25, 0.3) is 0 Å². The zero-order valence-electron chi connectivity index (χ0n) is 10.6. The molecule has 19 heavy (non-hydrogen) atoms. The highest BCUT2D eigenvalue weighted by atomic mass is 16.6. The SMILES string of the molecule is Cc1c2ccccc2nc2cc3c(cc12)OCCO3. The predicted molar refractivity (Wildman–Crippen MR) is 75.0 cm³/mol. The van der Waals surface area contributed by atoms with Gasteiger partial charge in [0, 0.05) is 16.8 Å².